The van der Waals surface area contributed by atoms with E-state index in [1.165, 1.54) is 13.2 Å². The Morgan fingerprint density at radius 3 is 2.65 bits per heavy atom. The fourth-order valence-electron chi connectivity index (χ4n) is 2.65. The van der Waals surface area contributed by atoms with Gasteiger partial charge in [-0.1, -0.05) is 0 Å². The van der Waals surface area contributed by atoms with Crippen LogP contribution in [0.15, 0.2) is 12.1 Å². The van der Waals surface area contributed by atoms with Crippen LogP contribution in [0.5, 0.6) is 11.5 Å². The molecule has 1 heterocycles. The van der Waals surface area contributed by atoms with Crippen LogP contribution in [0.1, 0.15) is 5.56 Å². The molecular formula is C15H20F3N3O5. The summed E-state index contributed by atoms with van der Waals surface area (Å²) in [7, 11) is 1.24. The van der Waals surface area contributed by atoms with Gasteiger partial charge in [-0.05, 0) is 6.07 Å². The summed E-state index contributed by atoms with van der Waals surface area (Å²) in [6.07, 6.45) is -5.07. The molecule has 1 fully saturated rings. The number of aliphatic hydroxyl groups excluding tert-OH is 1. The number of aliphatic hydroxyl groups is 1. The van der Waals surface area contributed by atoms with Crippen molar-refractivity contribution < 1.29 is 32.7 Å². The molecule has 0 aliphatic carbocycles. The van der Waals surface area contributed by atoms with E-state index < -0.39 is 23.8 Å². The lowest BCUT2D eigenvalue weighted by Crippen LogP contribution is -2.30. The standard InChI is InChI=1S/C15H20F3N3O5/c1-25-13-2-9(4-19-5-10-6-20-7-12(10)22)11(21(23)24)3-14(13)26-8-15(16,17)18/h2-3,10,12,19-20,22H,4-8H2,1H3. The fourth-order valence-corrected chi connectivity index (χ4v) is 2.65. The van der Waals surface area contributed by atoms with Gasteiger partial charge in [0.2, 0.25) is 0 Å². The third-order valence-electron chi connectivity index (χ3n) is 3.98. The number of β-amino-alcohol motifs (C(OH)–C–C–N with tert-alkyl or cyclic N) is 1. The second kappa shape index (κ2) is 8.52. The number of nitrogens with zero attached hydrogens (tertiary/aromatic N) is 1. The lowest BCUT2D eigenvalue weighted by molar-refractivity contribution is -0.385. The first-order valence-corrected chi connectivity index (χ1v) is 7.85. The van der Waals surface area contributed by atoms with Crippen molar-refractivity contribution in [3.05, 3.63) is 27.8 Å². The third-order valence-corrected chi connectivity index (χ3v) is 3.98. The number of hydrogen-bond donors (Lipinski definition) is 3. The average molecular weight is 379 g/mol. The Labute approximate surface area is 147 Å². The Morgan fingerprint density at radius 2 is 2.12 bits per heavy atom. The number of ether oxygens (including phenoxy) is 2. The minimum absolute atomic E-state index is 0.0228. The van der Waals surface area contributed by atoms with Crippen LogP contribution in [0.4, 0.5) is 18.9 Å². The Kier molecular flexibility index (Phi) is 6.62. The van der Waals surface area contributed by atoms with Gasteiger partial charge in [0.25, 0.3) is 5.69 Å². The van der Waals surface area contributed by atoms with E-state index in [1.54, 1.807) is 0 Å². The van der Waals surface area contributed by atoms with Crippen LogP contribution in [0.3, 0.4) is 0 Å². The fraction of sp³-hybridized carbons (Fsp3) is 0.600. The van der Waals surface area contributed by atoms with Crippen molar-refractivity contribution >= 4 is 5.69 Å². The van der Waals surface area contributed by atoms with Gasteiger partial charge in [-0.25, -0.2) is 0 Å². The monoisotopic (exact) mass is 379 g/mol. The number of benzene rings is 1. The van der Waals surface area contributed by atoms with E-state index in [4.69, 9.17) is 4.74 Å². The molecular weight excluding hydrogens is 359 g/mol. The van der Waals surface area contributed by atoms with E-state index in [-0.39, 0.29) is 35.2 Å². The number of methoxy groups -OCH3 is 1. The van der Waals surface area contributed by atoms with Crippen LogP contribution >= 0.6 is 0 Å². The Bertz CT molecular complexity index is 642. The van der Waals surface area contributed by atoms with Crippen molar-refractivity contribution in [2.75, 3.05) is 33.4 Å². The maximum atomic E-state index is 12.3. The van der Waals surface area contributed by atoms with Gasteiger partial charge in [-0.15, -0.1) is 0 Å². The smallest absolute Gasteiger partial charge is 0.422 e. The highest BCUT2D eigenvalue weighted by atomic mass is 19.4. The van der Waals surface area contributed by atoms with Crippen LogP contribution in [-0.4, -0.2) is 55.7 Å². The average Bonchev–Trinajstić information content (AvgIpc) is 2.97. The van der Waals surface area contributed by atoms with Gasteiger partial charge in [-0.2, -0.15) is 13.2 Å². The van der Waals surface area contributed by atoms with Crippen LogP contribution < -0.4 is 20.1 Å². The van der Waals surface area contributed by atoms with E-state index in [2.05, 4.69) is 15.4 Å². The number of nitrogens with one attached hydrogen (secondary N) is 2. The van der Waals surface area contributed by atoms with Crippen molar-refractivity contribution in [1.29, 1.82) is 0 Å². The molecule has 0 aromatic heterocycles. The van der Waals surface area contributed by atoms with Crippen molar-refractivity contribution in [1.82, 2.24) is 10.6 Å². The van der Waals surface area contributed by atoms with Crippen molar-refractivity contribution in [2.24, 2.45) is 5.92 Å². The highest BCUT2D eigenvalue weighted by Crippen LogP contribution is 2.35. The lowest BCUT2D eigenvalue weighted by atomic mass is 10.1. The van der Waals surface area contributed by atoms with Crippen LogP contribution in [0.25, 0.3) is 0 Å². The molecule has 2 rings (SSSR count). The first kappa shape index (κ1) is 20.2. The van der Waals surface area contributed by atoms with Gasteiger partial charge in [0, 0.05) is 37.7 Å². The zero-order valence-electron chi connectivity index (χ0n) is 14.0. The first-order chi connectivity index (χ1) is 12.2. The summed E-state index contributed by atoms with van der Waals surface area (Å²) in [6, 6.07) is 2.20. The lowest BCUT2D eigenvalue weighted by Gasteiger charge is -2.16. The van der Waals surface area contributed by atoms with Gasteiger partial charge < -0.3 is 25.2 Å². The summed E-state index contributed by atoms with van der Waals surface area (Å²) in [5.74, 6) is -0.403. The molecule has 1 saturated heterocycles. The minimum Gasteiger partial charge on any atom is -0.493 e. The molecule has 3 N–H and O–H groups in total. The third kappa shape index (κ3) is 5.44. The molecule has 0 amide bonds. The van der Waals surface area contributed by atoms with E-state index >= 15 is 0 Å². The summed E-state index contributed by atoms with van der Waals surface area (Å²) in [4.78, 5) is 10.6. The molecule has 2 atom stereocenters. The topological polar surface area (TPSA) is 106 Å². The quantitative estimate of drug-likeness (QED) is 0.461. The van der Waals surface area contributed by atoms with E-state index in [1.807, 2.05) is 0 Å². The largest absolute Gasteiger partial charge is 0.493 e. The molecule has 0 bridgehead atoms. The van der Waals surface area contributed by atoms with E-state index in [0.29, 0.717) is 19.6 Å². The Balaban J connectivity index is 2.12. The molecule has 1 aliphatic rings. The number of alkyl halides is 3. The molecule has 1 aromatic carbocycles. The number of nitro groups is 1. The SMILES string of the molecule is COc1cc(CNCC2CNCC2O)c([N+](=O)[O-])cc1OCC(F)(F)F. The molecule has 2 unspecified atom stereocenters. The highest BCUT2D eigenvalue weighted by Gasteiger charge is 2.30. The zero-order chi connectivity index (χ0) is 19.3. The highest BCUT2D eigenvalue weighted by molar-refractivity contribution is 5.54. The number of rotatable bonds is 8. The minimum atomic E-state index is -4.57. The predicted octanol–water partition coefficient (Wildman–Crippen LogP) is 1.21. The molecule has 1 aromatic rings. The Hall–Kier alpha value is -2.11. The molecule has 0 spiro atoms. The second-order valence-electron chi connectivity index (χ2n) is 5.91. The van der Waals surface area contributed by atoms with Gasteiger partial charge in [0.05, 0.1) is 24.2 Å². The molecule has 26 heavy (non-hydrogen) atoms. The van der Waals surface area contributed by atoms with Gasteiger partial charge in [0.1, 0.15) is 0 Å². The summed E-state index contributed by atoms with van der Waals surface area (Å²) >= 11 is 0. The maximum absolute atomic E-state index is 12.3. The Morgan fingerprint density at radius 1 is 1.38 bits per heavy atom. The van der Waals surface area contributed by atoms with E-state index in [9.17, 15) is 28.4 Å². The van der Waals surface area contributed by atoms with Crippen LogP contribution in [-0.2, 0) is 6.54 Å². The summed E-state index contributed by atoms with van der Waals surface area (Å²) in [6.45, 7) is 0.0649. The maximum Gasteiger partial charge on any atom is 0.422 e. The number of hydrogen-bond acceptors (Lipinski definition) is 7. The molecule has 1 aliphatic heterocycles. The molecule has 146 valence electrons. The number of nitro benzene ring substituents is 1. The van der Waals surface area contributed by atoms with Gasteiger partial charge >= 0.3 is 6.18 Å². The molecule has 8 nitrogen and oxygen atoms in total. The summed E-state index contributed by atoms with van der Waals surface area (Å²) in [5.41, 5.74) is -0.132. The van der Waals surface area contributed by atoms with Crippen LogP contribution in [0.2, 0.25) is 0 Å². The van der Waals surface area contributed by atoms with Crippen molar-refractivity contribution in [2.45, 2.75) is 18.8 Å². The number of halogens is 3. The van der Waals surface area contributed by atoms with Crippen LogP contribution in [0, 0.1) is 16.0 Å². The molecule has 11 heteroatoms. The molecule has 0 saturated carbocycles. The molecule has 0 radical (unpaired) electrons. The normalized spacial score (nSPS) is 20.2. The summed E-state index contributed by atoms with van der Waals surface area (Å²) in [5, 5.41) is 27.0. The van der Waals surface area contributed by atoms with E-state index in [0.717, 1.165) is 6.07 Å². The zero-order valence-corrected chi connectivity index (χ0v) is 14.0. The van der Waals surface area contributed by atoms with Crippen molar-refractivity contribution in [3.63, 3.8) is 0 Å². The van der Waals surface area contributed by atoms with Gasteiger partial charge in [-0.3, -0.25) is 10.1 Å². The second-order valence-corrected chi connectivity index (χ2v) is 5.91. The van der Waals surface area contributed by atoms with Crippen molar-refractivity contribution in [3.8, 4) is 11.5 Å². The summed E-state index contributed by atoms with van der Waals surface area (Å²) < 4.78 is 46.6. The van der Waals surface area contributed by atoms with Gasteiger partial charge in [0.15, 0.2) is 18.1 Å². The first-order valence-electron chi connectivity index (χ1n) is 7.85. The predicted molar refractivity (Wildman–Crippen MR) is 85.3 cm³/mol.